The van der Waals surface area contributed by atoms with Gasteiger partial charge in [-0.2, -0.15) is 10.2 Å². The third-order valence-electron chi connectivity index (χ3n) is 3.23. The minimum atomic E-state index is -0.338. The van der Waals surface area contributed by atoms with E-state index in [1.807, 2.05) is 31.3 Å². The molecule has 0 aliphatic heterocycles. The van der Waals surface area contributed by atoms with Crippen molar-refractivity contribution in [2.24, 2.45) is 0 Å². The number of carbonyl (C=O) groups excluding carboxylic acids is 1. The highest BCUT2D eigenvalue weighted by Gasteiger charge is 2.11. The zero-order valence-electron chi connectivity index (χ0n) is 12.1. The molecule has 0 aliphatic rings. The van der Waals surface area contributed by atoms with E-state index in [1.165, 1.54) is 6.33 Å². The average molecular weight is 297 g/mol. The monoisotopic (exact) mass is 297 g/mol. The van der Waals surface area contributed by atoms with E-state index >= 15 is 0 Å². The number of benzene rings is 1. The molecule has 1 aromatic carbocycles. The van der Waals surface area contributed by atoms with Gasteiger partial charge in [0.1, 0.15) is 19.3 Å². The van der Waals surface area contributed by atoms with E-state index in [0.717, 1.165) is 11.3 Å². The van der Waals surface area contributed by atoms with E-state index in [4.69, 9.17) is 4.74 Å². The van der Waals surface area contributed by atoms with Crippen molar-refractivity contribution in [2.75, 3.05) is 6.61 Å². The molecule has 0 radical (unpaired) electrons. The molecule has 0 saturated carbocycles. The molecule has 0 bridgehead atoms. The fourth-order valence-corrected chi connectivity index (χ4v) is 2.10. The van der Waals surface area contributed by atoms with Crippen molar-refractivity contribution in [3.8, 4) is 5.69 Å². The van der Waals surface area contributed by atoms with Gasteiger partial charge in [0.25, 0.3) is 0 Å². The maximum Gasteiger partial charge on any atom is 0.338 e. The van der Waals surface area contributed by atoms with Crippen LogP contribution in [0.1, 0.15) is 15.9 Å². The number of hydrogen-bond donors (Lipinski definition) is 0. The average Bonchev–Trinajstić information content (AvgIpc) is 3.20. The van der Waals surface area contributed by atoms with Crippen molar-refractivity contribution < 1.29 is 9.53 Å². The molecule has 0 spiro atoms. The standard InChI is InChI=1S/C15H15N5O2/c1-12-9-13(20-11-16-10-18-20)3-4-14(12)15(21)22-8-7-19-6-2-5-17-19/h2-6,9-11H,7-8H2,1H3. The van der Waals surface area contributed by atoms with Crippen LogP contribution in [0.2, 0.25) is 0 Å². The smallest absolute Gasteiger partial charge is 0.338 e. The van der Waals surface area contributed by atoms with E-state index in [0.29, 0.717) is 12.1 Å². The Kier molecular flexibility index (Phi) is 3.95. The Labute approximate surface area is 127 Å². The van der Waals surface area contributed by atoms with Crippen LogP contribution in [-0.4, -0.2) is 37.1 Å². The van der Waals surface area contributed by atoms with Crippen molar-refractivity contribution >= 4 is 5.97 Å². The lowest BCUT2D eigenvalue weighted by Gasteiger charge is -2.09. The Morgan fingerprint density at radius 3 is 2.91 bits per heavy atom. The summed E-state index contributed by atoms with van der Waals surface area (Å²) >= 11 is 0. The minimum Gasteiger partial charge on any atom is -0.460 e. The number of esters is 1. The van der Waals surface area contributed by atoms with Crippen molar-refractivity contribution in [1.29, 1.82) is 0 Å². The molecule has 2 aromatic heterocycles. The summed E-state index contributed by atoms with van der Waals surface area (Å²) in [6, 6.07) is 7.25. The first kappa shape index (κ1) is 14.0. The number of ether oxygens (including phenoxy) is 1. The predicted octanol–water partition coefficient (Wildman–Crippen LogP) is 1.63. The fraction of sp³-hybridized carbons (Fsp3) is 0.200. The zero-order chi connectivity index (χ0) is 15.4. The van der Waals surface area contributed by atoms with Gasteiger partial charge in [0, 0.05) is 12.4 Å². The van der Waals surface area contributed by atoms with Gasteiger partial charge in [0.15, 0.2) is 0 Å². The van der Waals surface area contributed by atoms with Gasteiger partial charge >= 0.3 is 5.97 Å². The molecule has 112 valence electrons. The largest absolute Gasteiger partial charge is 0.460 e. The third-order valence-corrected chi connectivity index (χ3v) is 3.23. The normalized spacial score (nSPS) is 10.6. The van der Waals surface area contributed by atoms with E-state index < -0.39 is 0 Å². The molecule has 0 aliphatic carbocycles. The van der Waals surface area contributed by atoms with Gasteiger partial charge in [-0.15, -0.1) is 0 Å². The van der Waals surface area contributed by atoms with Gasteiger partial charge in [0.05, 0.1) is 17.8 Å². The Morgan fingerprint density at radius 2 is 2.23 bits per heavy atom. The van der Waals surface area contributed by atoms with Gasteiger partial charge in [0.2, 0.25) is 0 Å². The van der Waals surface area contributed by atoms with Gasteiger partial charge < -0.3 is 4.74 Å². The van der Waals surface area contributed by atoms with Crippen molar-refractivity contribution in [3.63, 3.8) is 0 Å². The van der Waals surface area contributed by atoms with Crippen molar-refractivity contribution in [1.82, 2.24) is 24.5 Å². The Bertz CT molecular complexity index is 750. The number of carbonyl (C=O) groups is 1. The molecule has 3 rings (SSSR count). The molecule has 0 atom stereocenters. The van der Waals surface area contributed by atoms with E-state index in [2.05, 4.69) is 15.2 Å². The Morgan fingerprint density at radius 1 is 1.32 bits per heavy atom. The van der Waals surface area contributed by atoms with Crippen LogP contribution in [0.5, 0.6) is 0 Å². The molecule has 2 heterocycles. The van der Waals surface area contributed by atoms with Crippen LogP contribution in [0.3, 0.4) is 0 Å². The molecule has 0 fully saturated rings. The molecule has 0 N–H and O–H groups in total. The molecule has 0 unspecified atom stereocenters. The molecule has 22 heavy (non-hydrogen) atoms. The number of rotatable bonds is 5. The fourth-order valence-electron chi connectivity index (χ4n) is 2.10. The minimum absolute atomic E-state index is 0.283. The van der Waals surface area contributed by atoms with Crippen LogP contribution in [0.15, 0.2) is 49.3 Å². The lowest BCUT2D eigenvalue weighted by Crippen LogP contribution is -2.13. The molecule has 0 saturated heterocycles. The number of aryl methyl sites for hydroxylation is 1. The highest BCUT2D eigenvalue weighted by atomic mass is 16.5. The summed E-state index contributed by atoms with van der Waals surface area (Å²) in [5.41, 5.74) is 2.23. The Balaban J connectivity index is 1.65. The topological polar surface area (TPSA) is 74.8 Å². The summed E-state index contributed by atoms with van der Waals surface area (Å²) in [7, 11) is 0. The maximum absolute atomic E-state index is 12.1. The first-order valence-electron chi connectivity index (χ1n) is 6.84. The summed E-state index contributed by atoms with van der Waals surface area (Å²) < 4.78 is 8.63. The summed E-state index contributed by atoms with van der Waals surface area (Å²) in [6.07, 6.45) is 6.59. The molecule has 3 aromatic rings. The number of aromatic nitrogens is 5. The molecule has 0 amide bonds. The molecule has 7 nitrogen and oxygen atoms in total. The van der Waals surface area contributed by atoms with Gasteiger partial charge in [-0.25, -0.2) is 14.5 Å². The van der Waals surface area contributed by atoms with Crippen LogP contribution in [0, 0.1) is 6.92 Å². The second-order valence-corrected chi connectivity index (χ2v) is 4.74. The van der Waals surface area contributed by atoms with Crippen LogP contribution in [0.4, 0.5) is 0 Å². The third kappa shape index (κ3) is 3.03. The molecule has 7 heteroatoms. The zero-order valence-corrected chi connectivity index (χ0v) is 12.1. The number of nitrogens with zero attached hydrogens (tertiary/aromatic N) is 5. The summed E-state index contributed by atoms with van der Waals surface area (Å²) in [4.78, 5) is 16.0. The first-order chi connectivity index (χ1) is 10.7. The van der Waals surface area contributed by atoms with Crippen LogP contribution >= 0.6 is 0 Å². The van der Waals surface area contributed by atoms with Crippen LogP contribution < -0.4 is 0 Å². The second kappa shape index (κ2) is 6.21. The van der Waals surface area contributed by atoms with Crippen LogP contribution in [-0.2, 0) is 11.3 Å². The Hall–Kier alpha value is -2.96. The van der Waals surface area contributed by atoms with Crippen molar-refractivity contribution in [2.45, 2.75) is 13.5 Å². The van der Waals surface area contributed by atoms with Crippen LogP contribution in [0.25, 0.3) is 5.69 Å². The lowest BCUT2D eigenvalue weighted by molar-refractivity contribution is 0.0487. The molecular formula is C15H15N5O2. The predicted molar refractivity (Wildman–Crippen MR) is 78.6 cm³/mol. The van der Waals surface area contributed by atoms with E-state index in [9.17, 15) is 4.79 Å². The first-order valence-corrected chi connectivity index (χ1v) is 6.84. The van der Waals surface area contributed by atoms with Crippen molar-refractivity contribution in [3.05, 3.63) is 60.4 Å². The highest BCUT2D eigenvalue weighted by molar-refractivity contribution is 5.91. The summed E-state index contributed by atoms with van der Waals surface area (Å²) in [5, 5.41) is 8.11. The van der Waals surface area contributed by atoms with Gasteiger partial charge in [-0.3, -0.25) is 4.68 Å². The number of hydrogen-bond acceptors (Lipinski definition) is 5. The van der Waals surface area contributed by atoms with E-state index in [-0.39, 0.29) is 12.6 Å². The molecular weight excluding hydrogens is 282 g/mol. The maximum atomic E-state index is 12.1. The highest BCUT2D eigenvalue weighted by Crippen LogP contribution is 2.15. The van der Waals surface area contributed by atoms with Gasteiger partial charge in [-0.05, 0) is 36.8 Å². The quantitative estimate of drug-likeness (QED) is 0.669. The van der Waals surface area contributed by atoms with E-state index in [1.54, 1.807) is 28.0 Å². The SMILES string of the molecule is Cc1cc(-n2cncn2)ccc1C(=O)OCCn1cccn1. The summed E-state index contributed by atoms with van der Waals surface area (Å²) in [6.45, 7) is 2.68. The van der Waals surface area contributed by atoms with Gasteiger partial charge in [-0.1, -0.05) is 0 Å². The second-order valence-electron chi connectivity index (χ2n) is 4.74. The lowest BCUT2D eigenvalue weighted by atomic mass is 10.1. The summed E-state index contributed by atoms with van der Waals surface area (Å²) in [5.74, 6) is -0.338.